The first-order valence-electron chi connectivity index (χ1n) is 6.80. The number of anilines is 1. The van der Waals surface area contributed by atoms with Crippen molar-refractivity contribution < 1.29 is 4.39 Å². The maximum atomic E-state index is 13.6. The number of halogens is 1. The lowest BCUT2D eigenvalue weighted by molar-refractivity contribution is 0.221. The van der Waals surface area contributed by atoms with E-state index in [1.807, 2.05) is 19.2 Å². The Balaban J connectivity index is 2.06. The van der Waals surface area contributed by atoms with Gasteiger partial charge < -0.3 is 9.80 Å². The molecule has 0 aliphatic carbocycles. The van der Waals surface area contributed by atoms with Gasteiger partial charge in [0, 0.05) is 31.9 Å². The highest BCUT2D eigenvalue weighted by Crippen LogP contribution is 2.23. The van der Waals surface area contributed by atoms with Crippen molar-refractivity contribution >= 4 is 5.69 Å². The third kappa shape index (κ3) is 3.05. The molecule has 3 nitrogen and oxygen atoms in total. The van der Waals surface area contributed by atoms with Crippen LogP contribution in [0.3, 0.4) is 0 Å². The molecule has 102 valence electrons. The maximum absolute atomic E-state index is 13.6. The normalized spacial score (nSPS) is 17.2. The smallest absolute Gasteiger partial charge is 0.143 e. The number of rotatable bonds is 3. The summed E-state index contributed by atoms with van der Waals surface area (Å²) in [5.41, 5.74) is 0.962. The van der Waals surface area contributed by atoms with Crippen LogP contribution in [-0.2, 0) is 0 Å². The van der Waals surface area contributed by atoms with Gasteiger partial charge in [-0.05, 0) is 37.6 Å². The second-order valence-electron chi connectivity index (χ2n) is 5.05. The Morgan fingerprint density at radius 2 is 2.11 bits per heavy atom. The second kappa shape index (κ2) is 6.03. The molecule has 1 saturated heterocycles. The zero-order chi connectivity index (χ0) is 13.8. The van der Waals surface area contributed by atoms with Gasteiger partial charge in [0.05, 0.1) is 5.56 Å². The molecule has 0 amide bonds. The van der Waals surface area contributed by atoms with Crippen LogP contribution in [0.25, 0.3) is 0 Å². The van der Waals surface area contributed by atoms with E-state index in [2.05, 4.69) is 16.7 Å². The van der Waals surface area contributed by atoms with Crippen LogP contribution in [0.15, 0.2) is 18.2 Å². The molecule has 0 radical (unpaired) electrons. The van der Waals surface area contributed by atoms with Gasteiger partial charge in [0.25, 0.3) is 0 Å². The molecule has 1 aliphatic rings. The summed E-state index contributed by atoms with van der Waals surface area (Å²) in [6.07, 6.45) is 2.21. The zero-order valence-corrected chi connectivity index (χ0v) is 11.6. The third-order valence-corrected chi connectivity index (χ3v) is 4.03. The van der Waals surface area contributed by atoms with Crippen LogP contribution in [-0.4, -0.2) is 37.6 Å². The minimum absolute atomic E-state index is 0.109. The van der Waals surface area contributed by atoms with Crippen LogP contribution in [0.2, 0.25) is 0 Å². The molecule has 1 aromatic carbocycles. The molecule has 0 bridgehead atoms. The molecule has 0 N–H and O–H groups in total. The molecule has 4 heteroatoms. The molecule has 0 unspecified atom stereocenters. The monoisotopic (exact) mass is 261 g/mol. The summed E-state index contributed by atoms with van der Waals surface area (Å²) >= 11 is 0. The maximum Gasteiger partial charge on any atom is 0.143 e. The van der Waals surface area contributed by atoms with E-state index in [-0.39, 0.29) is 5.56 Å². The minimum atomic E-state index is -0.433. The Hall–Kier alpha value is -1.60. The van der Waals surface area contributed by atoms with Crippen molar-refractivity contribution in [1.82, 2.24) is 4.90 Å². The van der Waals surface area contributed by atoms with E-state index >= 15 is 0 Å². The summed E-state index contributed by atoms with van der Waals surface area (Å²) in [4.78, 5) is 4.57. The van der Waals surface area contributed by atoms with Crippen molar-refractivity contribution in [1.29, 1.82) is 5.26 Å². The fourth-order valence-electron chi connectivity index (χ4n) is 2.65. The summed E-state index contributed by atoms with van der Waals surface area (Å²) in [7, 11) is 2.01. The summed E-state index contributed by atoms with van der Waals surface area (Å²) in [5, 5.41) is 8.74. The highest BCUT2D eigenvalue weighted by molar-refractivity contribution is 5.50. The van der Waals surface area contributed by atoms with Crippen molar-refractivity contribution in [3.8, 4) is 6.07 Å². The number of hydrogen-bond donors (Lipinski definition) is 0. The largest absolute Gasteiger partial charge is 0.371 e. The molecular formula is C15H20FN3. The predicted octanol–water partition coefficient (Wildman–Crippen LogP) is 2.62. The minimum Gasteiger partial charge on any atom is -0.371 e. The molecule has 0 spiro atoms. The quantitative estimate of drug-likeness (QED) is 0.838. The van der Waals surface area contributed by atoms with E-state index < -0.39 is 5.82 Å². The summed E-state index contributed by atoms with van der Waals surface area (Å²) in [6.45, 7) is 5.48. The fraction of sp³-hybridized carbons (Fsp3) is 0.533. The van der Waals surface area contributed by atoms with E-state index in [0.717, 1.165) is 38.2 Å². The first-order chi connectivity index (χ1) is 9.15. The van der Waals surface area contributed by atoms with Gasteiger partial charge in [-0.3, -0.25) is 0 Å². The first-order valence-corrected chi connectivity index (χ1v) is 6.80. The van der Waals surface area contributed by atoms with Gasteiger partial charge in [0.2, 0.25) is 0 Å². The van der Waals surface area contributed by atoms with Crippen LogP contribution >= 0.6 is 0 Å². The lowest BCUT2D eigenvalue weighted by Gasteiger charge is -2.37. The van der Waals surface area contributed by atoms with Crippen LogP contribution in [0.1, 0.15) is 25.3 Å². The molecule has 1 fully saturated rings. The zero-order valence-electron chi connectivity index (χ0n) is 11.6. The summed E-state index contributed by atoms with van der Waals surface area (Å²) in [5.74, 6) is -0.433. The highest BCUT2D eigenvalue weighted by Gasteiger charge is 2.22. The molecule has 0 saturated carbocycles. The Kier molecular flexibility index (Phi) is 4.39. The number of hydrogen-bond acceptors (Lipinski definition) is 3. The van der Waals surface area contributed by atoms with Gasteiger partial charge in [-0.2, -0.15) is 5.26 Å². The van der Waals surface area contributed by atoms with E-state index in [4.69, 9.17) is 5.26 Å². The molecule has 1 aliphatic heterocycles. The van der Waals surface area contributed by atoms with Crippen molar-refractivity contribution in [3.63, 3.8) is 0 Å². The Morgan fingerprint density at radius 1 is 1.42 bits per heavy atom. The van der Waals surface area contributed by atoms with Gasteiger partial charge in [0.15, 0.2) is 0 Å². The first kappa shape index (κ1) is 13.8. The fourth-order valence-corrected chi connectivity index (χ4v) is 2.65. The Labute approximate surface area is 114 Å². The number of likely N-dealkylation sites (tertiary alicyclic amines) is 1. The highest BCUT2D eigenvalue weighted by atomic mass is 19.1. The molecule has 0 atom stereocenters. The number of nitriles is 1. The van der Waals surface area contributed by atoms with E-state index in [1.165, 1.54) is 6.07 Å². The van der Waals surface area contributed by atoms with E-state index in [1.54, 1.807) is 6.07 Å². The predicted molar refractivity (Wildman–Crippen MR) is 74.7 cm³/mol. The van der Waals surface area contributed by atoms with Crippen molar-refractivity contribution in [3.05, 3.63) is 29.6 Å². The third-order valence-electron chi connectivity index (χ3n) is 4.03. The van der Waals surface area contributed by atoms with E-state index in [9.17, 15) is 4.39 Å². The lowest BCUT2D eigenvalue weighted by Crippen LogP contribution is -2.43. The van der Waals surface area contributed by atoms with Crippen molar-refractivity contribution in [2.45, 2.75) is 25.8 Å². The molecule has 2 rings (SSSR count). The topological polar surface area (TPSA) is 30.3 Å². The van der Waals surface area contributed by atoms with E-state index in [0.29, 0.717) is 6.04 Å². The standard InChI is InChI=1S/C15H20FN3/c1-3-19-8-6-13(7-9-19)18(2)14-5-4-12(11-17)15(16)10-14/h4-5,10,13H,3,6-9H2,1-2H3. The number of nitrogens with zero attached hydrogens (tertiary/aromatic N) is 3. The molecule has 1 heterocycles. The summed E-state index contributed by atoms with van der Waals surface area (Å²) < 4.78 is 13.6. The van der Waals surface area contributed by atoms with Crippen LogP contribution < -0.4 is 4.90 Å². The van der Waals surface area contributed by atoms with Gasteiger partial charge in [0.1, 0.15) is 11.9 Å². The molecular weight excluding hydrogens is 241 g/mol. The van der Waals surface area contributed by atoms with Gasteiger partial charge >= 0.3 is 0 Å². The van der Waals surface area contributed by atoms with Crippen LogP contribution in [0.4, 0.5) is 10.1 Å². The van der Waals surface area contributed by atoms with Crippen LogP contribution in [0, 0.1) is 17.1 Å². The van der Waals surface area contributed by atoms with Crippen LogP contribution in [0.5, 0.6) is 0 Å². The molecule has 1 aromatic rings. The van der Waals surface area contributed by atoms with Gasteiger partial charge in [-0.25, -0.2) is 4.39 Å². The number of piperidine rings is 1. The second-order valence-corrected chi connectivity index (χ2v) is 5.05. The van der Waals surface area contributed by atoms with Crippen molar-refractivity contribution in [2.24, 2.45) is 0 Å². The van der Waals surface area contributed by atoms with Gasteiger partial charge in [-0.15, -0.1) is 0 Å². The molecule has 19 heavy (non-hydrogen) atoms. The average Bonchev–Trinajstić information content (AvgIpc) is 2.46. The van der Waals surface area contributed by atoms with Gasteiger partial charge in [-0.1, -0.05) is 6.92 Å². The Bertz CT molecular complexity index is 473. The summed E-state index contributed by atoms with van der Waals surface area (Å²) in [6, 6.07) is 7.16. The number of benzene rings is 1. The lowest BCUT2D eigenvalue weighted by atomic mass is 10.0. The Morgan fingerprint density at radius 3 is 2.63 bits per heavy atom. The average molecular weight is 261 g/mol. The van der Waals surface area contributed by atoms with Crippen molar-refractivity contribution in [2.75, 3.05) is 31.6 Å². The molecule has 0 aromatic heterocycles. The SMILES string of the molecule is CCN1CCC(N(C)c2ccc(C#N)c(F)c2)CC1.